The lowest BCUT2D eigenvalue weighted by Crippen LogP contribution is -2.41. The van der Waals surface area contributed by atoms with Crippen molar-refractivity contribution < 1.29 is 31.7 Å². The summed E-state index contributed by atoms with van der Waals surface area (Å²) >= 11 is 4.42. The molecular weight excluding hydrogens is 456 g/mol. The van der Waals surface area contributed by atoms with Gasteiger partial charge in [0.2, 0.25) is 0 Å². The summed E-state index contributed by atoms with van der Waals surface area (Å²) in [7, 11) is 0.998. The number of benzene rings is 1. The SMILES string of the molecule is CN(S)c1cc2oc(-c3ccc(C(F)(F)F)nc3)c(C=O)c2cc1B1OC(C)(C)C(C)(C)O1. The van der Waals surface area contributed by atoms with Crippen LogP contribution in [0.5, 0.6) is 0 Å². The second kappa shape index (κ2) is 7.78. The zero-order valence-electron chi connectivity index (χ0n) is 18.6. The topological polar surface area (TPSA) is 64.8 Å². The van der Waals surface area contributed by atoms with Crippen molar-refractivity contribution in [3.05, 3.63) is 41.7 Å². The number of halogens is 3. The van der Waals surface area contributed by atoms with E-state index in [1.807, 2.05) is 27.7 Å². The zero-order valence-corrected chi connectivity index (χ0v) is 19.5. The van der Waals surface area contributed by atoms with Crippen LogP contribution in [0.15, 0.2) is 34.9 Å². The van der Waals surface area contributed by atoms with Crippen LogP contribution in [-0.2, 0) is 15.5 Å². The normalized spacial score (nSPS) is 17.5. The van der Waals surface area contributed by atoms with E-state index in [1.165, 1.54) is 6.07 Å². The first-order valence-electron chi connectivity index (χ1n) is 10.1. The molecule has 0 spiro atoms. The molecule has 6 nitrogen and oxygen atoms in total. The molecular formula is C22H22BF3N2O4S. The molecule has 1 fully saturated rings. The Morgan fingerprint density at radius 1 is 1.12 bits per heavy atom. The number of fused-ring (bicyclic) bond motifs is 1. The fourth-order valence-electron chi connectivity index (χ4n) is 3.63. The van der Waals surface area contributed by atoms with E-state index in [9.17, 15) is 18.0 Å². The Morgan fingerprint density at radius 3 is 2.24 bits per heavy atom. The summed E-state index contributed by atoms with van der Waals surface area (Å²) in [4.78, 5) is 15.5. The van der Waals surface area contributed by atoms with E-state index in [4.69, 9.17) is 13.7 Å². The molecule has 174 valence electrons. The molecule has 0 radical (unpaired) electrons. The molecule has 0 amide bonds. The van der Waals surface area contributed by atoms with Crippen LogP contribution in [0, 0.1) is 0 Å². The lowest BCUT2D eigenvalue weighted by molar-refractivity contribution is -0.141. The average Bonchev–Trinajstić information content (AvgIpc) is 3.18. The van der Waals surface area contributed by atoms with Crippen molar-refractivity contribution in [3.8, 4) is 11.3 Å². The molecule has 0 saturated carbocycles. The summed E-state index contributed by atoms with van der Waals surface area (Å²) < 4.78 is 58.5. The van der Waals surface area contributed by atoms with Gasteiger partial charge < -0.3 is 18.0 Å². The highest BCUT2D eigenvalue weighted by atomic mass is 32.1. The fraction of sp³-hybridized carbons (Fsp3) is 0.364. The van der Waals surface area contributed by atoms with Crippen molar-refractivity contribution >= 4 is 48.3 Å². The van der Waals surface area contributed by atoms with Gasteiger partial charge in [-0.05, 0) is 45.9 Å². The standard InChI is InChI=1S/C22H22BF3N2O4S/c1-20(2)21(3,4)32-23(31-20)15-8-13-14(11-29)19(30-17(13)9-16(15)28(5)33)12-6-7-18(27-10-12)22(24,25)26/h6-11,33H,1-5H3. The summed E-state index contributed by atoms with van der Waals surface area (Å²) in [6, 6.07) is 5.49. The molecule has 1 saturated heterocycles. The monoisotopic (exact) mass is 478 g/mol. The molecule has 0 unspecified atom stereocenters. The lowest BCUT2D eigenvalue weighted by Gasteiger charge is -2.32. The smallest absolute Gasteiger partial charge is 0.455 e. The Balaban J connectivity index is 1.86. The number of furan rings is 1. The molecule has 4 rings (SSSR count). The maximum absolute atomic E-state index is 12.9. The number of rotatable bonds is 4. The fourth-order valence-corrected chi connectivity index (χ4v) is 3.81. The summed E-state index contributed by atoms with van der Waals surface area (Å²) in [5.41, 5.74) is -0.121. The summed E-state index contributed by atoms with van der Waals surface area (Å²) in [5, 5.41) is 0.476. The van der Waals surface area contributed by atoms with Gasteiger partial charge in [-0.3, -0.25) is 9.78 Å². The van der Waals surface area contributed by atoms with E-state index in [2.05, 4.69) is 17.8 Å². The highest BCUT2D eigenvalue weighted by Gasteiger charge is 2.52. The molecule has 0 N–H and O–H groups in total. The number of hydrogen-bond acceptors (Lipinski definition) is 7. The Kier molecular flexibility index (Phi) is 5.58. The second-order valence-electron chi connectivity index (χ2n) is 8.91. The van der Waals surface area contributed by atoms with Gasteiger partial charge in [0, 0.05) is 41.4 Å². The van der Waals surface area contributed by atoms with Gasteiger partial charge in [-0.25, -0.2) is 0 Å². The third-order valence-electron chi connectivity index (χ3n) is 6.17. The van der Waals surface area contributed by atoms with E-state index >= 15 is 0 Å². The predicted octanol–water partition coefficient (Wildman–Crippen LogP) is 4.91. The summed E-state index contributed by atoms with van der Waals surface area (Å²) in [5.74, 6) is 0.125. The van der Waals surface area contributed by atoms with Crippen LogP contribution < -0.4 is 9.77 Å². The van der Waals surface area contributed by atoms with Gasteiger partial charge in [-0.1, -0.05) is 12.8 Å². The number of alkyl halides is 3. The largest absolute Gasteiger partial charge is 0.497 e. The van der Waals surface area contributed by atoms with Gasteiger partial charge >= 0.3 is 13.3 Å². The van der Waals surface area contributed by atoms with Gasteiger partial charge in [0.05, 0.1) is 16.8 Å². The van der Waals surface area contributed by atoms with Gasteiger partial charge in [0.1, 0.15) is 17.0 Å². The van der Waals surface area contributed by atoms with E-state index in [0.717, 1.165) is 12.3 Å². The molecule has 2 aromatic heterocycles. The maximum Gasteiger partial charge on any atom is 0.497 e. The van der Waals surface area contributed by atoms with Crippen molar-refractivity contribution in [1.82, 2.24) is 4.98 Å². The number of nitrogens with zero attached hydrogens (tertiary/aromatic N) is 2. The van der Waals surface area contributed by atoms with Gasteiger partial charge in [-0.2, -0.15) is 13.2 Å². The number of thiol groups is 1. The third-order valence-corrected chi connectivity index (χ3v) is 6.38. The zero-order chi connectivity index (χ0) is 24.3. The van der Waals surface area contributed by atoms with Gasteiger partial charge in [0.15, 0.2) is 6.29 Å². The molecule has 3 aromatic rings. The number of pyridine rings is 1. The highest BCUT2D eigenvalue weighted by molar-refractivity contribution is 7.81. The van der Waals surface area contributed by atoms with Crippen LogP contribution in [0.1, 0.15) is 43.7 Å². The van der Waals surface area contributed by atoms with Crippen molar-refractivity contribution in [3.63, 3.8) is 0 Å². The molecule has 0 atom stereocenters. The number of carbonyl (C=O) groups is 1. The van der Waals surface area contributed by atoms with E-state index in [1.54, 1.807) is 23.5 Å². The number of aromatic nitrogens is 1. The number of carbonyl (C=O) groups excluding carboxylic acids is 1. The Morgan fingerprint density at radius 2 is 1.76 bits per heavy atom. The molecule has 1 aromatic carbocycles. The Bertz CT molecular complexity index is 1210. The molecule has 11 heteroatoms. The summed E-state index contributed by atoms with van der Waals surface area (Å²) in [6.07, 6.45) is -2.92. The first-order valence-corrected chi connectivity index (χ1v) is 10.5. The minimum absolute atomic E-state index is 0.125. The van der Waals surface area contributed by atoms with Crippen molar-refractivity contribution in [1.29, 1.82) is 0 Å². The molecule has 33 heavy (non-hydrogen) atoms. The Hall–Kier alpha value is -2.50. The van der Waals surface area contributed by atoms with Crippen molar-refractivity contribution in [2.24, 2.45) is 0 Å². The van der Waals surface area contributed by atoms with Crippen molar-refractivity contribution in [2.45, 2.75) is 45.1 Å². The molecule has 1 aliphatic rings. The minimum Gasteiger partial charge on any atom is -0.455 e. The third kappa shape index (κ3) is 4.02. The van der Waals surface area contributed by atoms with E-state index in [-0.39, 0.29) is 16.9 Å². The van der Waals surface area contributed by atoms with Gasteiger partial charge in [-0.15, -0.1) is 0 Å². The first kappa shape index (κ1) is 23.7. The molecule has 0 aliphatic carbocycles. The Labute approximate surface area is 194 Å². The van der Waals surface area contributed by atoms with Crippen LogP contribution in [-0.4, -0.2) is 36.6 Å². The first-order chi connectivity index (χ1) is 15.2. The van der Waals surface area contributed by atoms with Crippen LogP contribution in [0.4, 0.5) is 18.9 Å². The van der Waals surface area contributed by atoms with Gasteiger partial charge in [0.25, 0.3) is 0 Å². The van der Waals surface area contributed by atoms with Crippen LogP contribution >= 0.6 is 12.8 Å². The lowest BCUT2D eigenvalue weighted by atomic mass is 9.77. The molecule has 1 aliphatic heterocycles. The average molecular weight is 478 g/mol. The second-order valence-corrected chi connectivity index (χ2v) is 9.51. The maximum atomic E-state index is 12.9. The summed E-state index contributed by atoms with van der Waals surface area (Å²) in [6.45, 7) is 7.72. The highest BCUT2D eigenvalue weighted by Crippen LogP contribution is 2.39. The van der Waals surface area contributed by atoms with Crippen LogP contribution in [0.2, 0.25) is 0 Å². The number of aldehydes is 1. The van der Waals surface area contributed by atoms with Crippen molar-refractivity contribution in [2.75, 3.05) is 11.4 Å². The molecule has 0 bridgehead atoms. The van der Waals surface area contributed by atoms with Crippen LogP contribution in [0.25, 0.3) is 22.3 Å². The van der Waals surface area contributed by atoms with E-state index < -0.39 is 30.2 Å². The predicted molar refractivity (Wildman–Crippen MR) is 123 cm³/mol. The van der Waals surface area contributed by atoms with E-state index in [0.29, 0.717) is 28.4 Å². The van der Waals surface area contributed by atoms with Crippen LogP contribution in [0.3, 0.4) is 0 Å². The number of anilines is 1. The molecule has 3 heterocycles. The minimum atomic E-state index is -4.57. The number of hydrogen-bond donors (Lipinski definition) is 1. The quantitative estimate of drug-likeness (QED) is 0.327.